The average molecular weight is 851 g/mol. The van der Waals surface area contributed by atoms with E-state index in [9.17, 15) is 0 Å². The van der Waals surface area contributed by atoms with E-state index in [1.165, 1.54) is 87.3 Å². The Balaban J connectivity index is 1.25. The number of nitrogens with zero attached hydrogens (tertiary/aromatic N) is 4. The highest BCUT2D eigenvalue weighted by Gasteiger charge is 2.29. The Bertz CT molecular complexity index is 3640. The van der Waals surface area contributed by atoms with Crippen molar-refractivity contribution in [3.63, 3.8) is 0 Å². The zero-order valence-corrected chi connectivity index (χ0v) is 38.3. The van der Waals surface area contributed by atoms with E-state index in [1.807, 2.05) is 0 Å². The lowest BCUT2D eigenvalue weighted by atomic mass is 9.86. The first kappa shape index (κ1) is 38.6. The summed E-state index contributed by atoms with van der Waals surface area (Å²) in [5, 5.41) is 10.1. The van der Waals surface area contributed by atoms with E-state index in [2.05, 4.69) is 254 Å². The van der Waals surface area contributed by atoms with E-state index >= 15 is 0 Å². The van der Waals surface area contributed by atoms with Gasteiger partial charge in [-0.1, -0.05) is 151 Å². The second kappa shape index (κ2) is 13.8. The van der Waals surface area contributed by atoms with Crippen LogP contribution in [0.1, 0.15) is 52.7 Å². The van der Waals surface area contributed by atoms with Gasteiger partial charge < -0.3 is 18.6 Å². The van der Waals surface area contributed by atoms with Crippen molar-refractivity contribution >= 4 is 110 Å². The Kier molecular flexibility index (Phi) is 8.10. The number of hydrogen-bond acceptors (Lipinski definition) is 2. The maximum absolute atomic E-state index is 2.60. The Morgan fingerprint density at radius 2 is 0.606 bits per heavy atom. The fourth-order valence-electron chi connectivity index (χ4n) is 11.0. The molecule has 0 aliphatic carbocycles. The van der Waals surface area contributed by atoms with Crippen molar-refractivity contribution in [3.05, 3.63) is 205 Å². The molecular weight excluding hydrogens is 801 g/mol. The van der Waals surface area contributed by atoms with E-state index in [0.29, 0.717) is 0 Å². The van der Waals surface area contributed by atoms with Crippen molar-refractivity contribution in [1.29, 1.82) is 0 Å². The van der Waals surface area contributed by atoms with Crippen LogP contribution in [0.3, 0.4) is 0 Å². The molecule has 66 heavy (non-hydrogen) atoms. The van der Waals surface area contributed by atoms with E-state index in [1.54, 1.807) is 0 Å². The molecule has 0 radical (unpaired) electrons. The van der Waals surface area contributed by atoms with Crippen LogP contribution in [-0.4, -0.2) is 8.80 Å². The van der Waals surface area contributed by atoms with Gasteiger partial charge in [-0.25, -0.2) is 0 Å². The van der Waals surface area contributed by atoms with Gasteiger partial charge in [0.15, 0.2) is 0 Å². The van der Waals surface area contributed by atoms with Gasteiger partial charge in [-0.2, -0.15) is 0 Å². The van der Waals surface area contributed by atoms with Gasteiger partial charge in [0.05, 0.1) is 44.5 Å². The first-order valence-electron chi connectivity index (χ1n) is 23.3. The lowest BCUT2D eigenvalue weighted by Crippen LogP contribution is -2.10. The van der Waals surface area contributed by atoms with Crippen LogP contribution in [0, 0.1) is 0 Å². The van der Waals surface area contributed by atoms with Crippen molar-refractivity contribution in [3.8, 4) is 0 Å². The molecule has 0 unspecified atom stereocenters. The van der Waals surface area contributed by atoms with E-state index in [4.69, 9.17) is 0 Å². The summed E-state index contributed by atoms with van der Waals surface area (Å²) in [6.45, 7) is 13.9. The molecule has 13 rings (SSSR count). The first-order chi connectivity index (χ1) is 32.0. The molecule has 4 aromatic heterocycles. The van der Waals surface area contributed by atoms with Gasteiger partial charge in [0.25, 0.3) is 0 Å². The smallest absolute Gasteiger partial charge is 0.0641 e. The number of fused-ring (bicyclic) bond motifs is 12. The normalized spacial score (nSPS) is 12.7. The molecule has 0 atom stereocenters. The Labute approximate surface area is 384 Å². The van der Waals surface area contributed by atoms with Crippen molar-refractivity contribution in [1.82, 2.24) is 8.80 Å². The predicted octanol–water partition coefficient (Wildman–Crippen LogP) is 17.5. The molecule has 4 heterocycles. The van der Waals surface area contributed by atoms with Crippen molar-refractivity contribution in [2.45, 2.75) is 52.4 Å². The second-order valence-electron chi connectivity index (χ2n) is 20.2. The summed E-state index contributed by atoms with van der Waals surface area (Å²) >= 11 is 0. The van der Waals surface area contributed by atoms with Crippen LogP contribution in [0.5, 0.6) is 0 Å². The van der Waals surface area contributed by atoms with Gasteiger partial charge >= 0.3 is 0 Å². The molecule has 9 aromatic carbocycles. The first-order valence-corrected chi connectivity index (χ1v) is 23.3. The average Bonchev–Trinajstić information content (AvgIpc) is 4.05. The third-order valence-electron chi connectivity index (χ3n) is 14.2. The molecule has 0 aliphatic rings. The van der Waals surface area contributed by atoms with E-state index in [-0.39, 0.29) is 10.8 Å². The zero-order chi connectivity index (χ0) is 44.6. The van der Waals surface area contributed by atoms with Crippen molar-refractivity contribution in [2.75, 3.05) is 9.80 Å². The van der Waals surface area contributed by atoms with Gasteiger partial charge in [-0.15, -0.1) is 0 Å². The van der Waals surface area contributed by atoms with Gasteiger partial charge in [-0.3, -0.25) is 0 Å². The Morgan fingerprint density at radius 3 is 0.924 bits per heavy atom. The lowest BCUT2D eigenvalue weighted by molar-refractivity contribution is 0.590. The predicted molar refractivity (Wildman–Crippen MR) is 283 cm³/mol. The largest absolute Gasteiger partial charge is 0.310 e. The maximum atomic E-state index is 2.60. The summed E-state index contributed by atoms with van der Waals surface area (Å²) in [4.78, 5) is 4.89. The summed E-state index contributed by atoms with van der Waals surface area (Å²) in [6.07, 6.45) is 0. The Morgan fingerprint density at radius 1 is 0.303 bits per heavy atom. The van der Waals surface area contributed by atoms with E-state index < -0.39 is 0 Å². The van der Waals surface area contributed by atoms with Gasteiger partial charge in [0.2, 0.25) is 0 Å². The summed E-state index contributed by atoms with van der Waals surface area (Å²) < 4.78 is 5.19. The van der Waals surface area contributed by atoms with Gasteiger partial charge in [0, 0.05) is 65.8 Å². The van der Waals surface area contributed by atoms with Crippen LogP contribution in [0.25, 0.3) is 76.2 Å². The molecule has 0 saturated carbocycles. The third kappa shape index (κ3) is 5.51. The molecule has 4 heteroatoms. The standard InChI is InChI=1S/C62H50N4/c1-61(2,3)39-27-29-45-47-31-33-51(63(41-19-11-7-12-20-41)42-21-13-8-14-22-42)57-49-38-56-50(37-55(49)65(59(47)57)53(45)35-39)58-52(64(43-23-15-9-16-24-43)44-25-17-10-18-26-44)34-32-48-46-30-28-40(62(4,5)6)36-54(46)66(56)60(48)58/h7-38H,1-6H3. The summed E-state index contributed by atoms with van der Waals surface area (Å²) in [5.41, 5.74) is 16.8. The minimum absolute atomic E-state index is 0.0188. The number of hydrogen-bond donors (Lipinski definition) is 0. The van der Waals surface area contributed by atoms with Crippen LogP contribution in [0.2, 0.25) is 0 Å². The van der Waals surface area contributed by atoms with Crippen LogP contribution in [-0.2, 0) is 10.8 Å². The van der Waals surface area contributed by atoms with Crippen LogP contribution < -0.4 is 9.80 Å². The minimum atomic E-state index is -0.0188. The molecule has 0 saturated heterocycles. The second-order valence-corrected chi connectivity index (χ2v) is 20.2. The molecule has 0 bridgehead atoms. The fraction of sp³-hybridized carbons (Fsp3) is 0.129. The number of anilines is 6. The highest BCUT2D eigenvalue weighted by Crippen LogP contribution is 2.52. The van der Waals surface area contributed by atoms with Crippen molar-refractivity contribution in [2.24, 2.45) is 0 Å². The molecule has 0 amide bonds. The quantitative estimate of drug-likeness (QED) is 0.166. The zero-order valence-electron chi connectivity index (χ0n) is 38.3. The topological polar surface area (TPSA) is 15.3 Å². The molecule has 0 N–H and O–H groups in total. The molecular formula is C62H50N4. The van der Waals surface area contributed by atoms with Crippen LogP contribution >= 0.6 is 0 Å². The fourth-order valence-corrected chi connectivity index (χ4v) is 11.0. The molecule has 13 aromatic rings. The highest BCUT2D eigenvalue weighted by molar-refractivity contribution is 6.33. The monoisotopic (exact) mass is 850 g/mol. The molecule has 4 nitrogen and oxygen atoms in total. The summed E-state index contributed by atoms with van der Waals surface area (Å²) in [6, 6.07) is 72.3. The van der Waals surface area contributed by atoms with Gasteiger partial charge in [-0.05, 0) is 107 Å². The molecule has 0 spiro atoms. The Hall–Kier alpha value is -7.82. The number of para-hydroxylation sites is 4. The van der Waals surface area contributed by atoms with Crippen LogP contribution in [0.15, 0.2) is 194 Å². The van der Waals surface area contributed by atoms with Gasteiger partial charge in [0.1, 0.15) is 0 Å². The summed E-state index contributed by atoms with van der Waals surface area (Å²) in [7, 11) is 0. The number of benzene rings is 9. The summed E-state index contributed by atoms with van der Waals surface area (Å²) in [5.74, 6) is 0. The highest BCUT2D eigenvalue weighted by atomic mass is 15.2. The van der Waals surface area contributed by atoms with E-state index in [0.717, 1.165) is 34.1 Å². The molecule has 0 fully saturated rings. The third-order valence-corrected chi connectivity index (χ3v) is 14.2. The SMILES string of the molecule is CC(C)(C)c1ccc2c3ccc(N(c4ccccc4)c4ccccc4)c4c5cc6c(cc5n(c2c1)c34)c1c(N(c2ccccc2)c2ccccc2)ccc2c3ccc(C(C)(C)C)cc3n6c21. The minimum Gasteiger partial charge on any atom is -0.310 e. The molecule has 318 valence electrons. The lowest BCUT2D eigenvalue weighted by Gasteiger charge is -2.26. The molecule has 0 aliphatic heterocycles. The number of rotatable bonds is 6. The number of aromatic nitrogens is 2. The van der Waals surface area contributed by atoms with Crippen LogP contribution in [0.4, 0.5) is 34.1 Å². The van der Waals surface area contributed by atoms with Crippen molar-refractivity contribution < 1.29 is 0 Å². The maximum Gasteiger partial charge on any atom is 0.0641 e.